The third kappa shape index (κ3) is 7.27. The van der Waals surface area contributed by atoms with E-state index in [-0.39, 0.29) is 19.1 Å². The Kier molecular flexibility index (Phi) is 6.91. The number of hydrogen-bond acceptors (Lipinski definition) is 4. The van der Waals surface area contributed by atoms with Gasteiger partial charge in [-0.25, -0.2) is 0 Å². The highest BCUT2D eigenvalue weighted by Gasteiger charge is 2.04. The van der Waals surface area contributed by atoms with Gasteiger partial charge >= 0.3 is 5.97 Å². The monoisotopic (exact) mass is 189 g/mol. The Bertz CT molecular complexity index is 170. The molecule has 0 atom stereocenters. The Morgan fingerprint density at radius 1 is 1.23 bits per heavy atom. The van der Waals surface area contributed by atoms with Crippen LogP contribution in [0.4, 0.5) is 0 Å². The van der Waals surface area contributed by atoms with Gasteiger partial charge in [0.1, 0.15) is 13.2 Å². The maximum absolute atomic E-state index is 10.9. The van der Waals surface area contributed by atoms with E-state index in [1.54, 1.807) is 13.8 Å². The maximum atomic E-state index is 10.9. The van der Waals surface area contributed by atoms with Gasteiger partial charge in [-0.05, 0) is 13.8 Å². The number of amides is 1. The summed E-state index contributed by atoms with van der Waals surface area (Å²) in [4.78, 5) is 21.6. The van der Waals surface area contributed by atoms with Gasteiger partial charge in [-0.15, -0.1) is 0 Å². The van der Waals surface area contributed by atoms with Crippen molar-refractivity contribution >= 4 is 11.9 Å². The van der Waals surface area contributed by atoms with Crippen molar-refractivity contribution < 1.29 is 19.1 Å². The van der Waals surface area contributed by atoms with E-state index in [1.807, 2.05) is 0 Å². The summed E-state index contributed by atoms with van der Waals surface area (Å²) in [7, 11) is 0. The molecule has 5 nitrogen and oxygen atoms in total. The Labute approximate surface area is 77.4 Å². The zero-order valence-electron chi connectivity index (χ0n) is 7.96. The number of esters is 1. The lowest BCUT2D eigenvalue weighted by Crippen LogP contribution is -2.33. The maximum Gasteiger partial charge on any atom is 0.325 e. The number of carbonyl (C=O) groups is 2. The predicted octanol–water partition coefficient (Wildman–Crippen LogP) is -0.298. The number of hydrogen-bond donors (Lipinski definition) is 1. The second-order valence-corrected chi connectivity index (χ2v) is 2.22. The van der Waals surface area contributed by atoms with Crippen molar-refractivity contribution in [1.82, 2.24) is 5.32 Å². The van der Waals surface area contributed by atoms with Crippen LogP contribution in [-0.2, 0) is 19.1 Å². The van der Waals surface area contributed by atoms with Crippen molar-refractivity contribution in [2.24, 2.45) is 0 Å². The molecule has 0 aliphatic heterocycles. The van der Waals surface area contributed by atoms with Crippen LogP contribution in [0.3, 0.4) is 0 Å². The van der Waals surface area contributed by atoms with E-state index in [1.165, 1.54) is 0 Å². The topological polar surface area (TPSA) is 64.6 Å². The van der Waals surface area contributed by atoms with Gasteiger partial charge in [-0.2, -0.15) is 0 Å². The molecule has 0 aliphatic carbocycles. The number of nitrogens with one attached hydrogen (secondary N) is 1. The molecule has 0 aliphatic rings. The third-order valence-corrected chi connectivity index (χ3v) is 1.17. The summed E-state index contributed by atoms with van der Waals surface area (Å²) in [6, 6.07) is 0. The fourth-order valence-electron chi connectivity index (χ4n) is 0.629. The van der Waals surface area contributed by atoms with Gasteiger partial charge in [-0.1, -0.05) is 0 Å². The van der Waals surface area contributed by atoms with Crippen LogP contribution in [-0.4, -0.2) is 38.2 Å². The molecule has 1 amide bonds. The Hall–Kier alpha value is -1.10. The predicted molar refractivity (Wildman–Crippen MR) is 46.1 cm³/mol. The number of ether oxygens (including phenoxy) is 2. The SMILES string of the molecule is CCOCC(=O)NCC(=O)OCC. The normalized spacial score (nSPS) is 9.38. The minimum Gasteiger partial charge on any atom is -0.465 e. The first-order valence-electron chi connectivity index (χ1n) is 4.20. The third-order valence-electron chi connectivity index (χ3n) is 1.17. The average Bonchev–Trinajstić information content (AvgIpc) is 2.12. The second kappa shape index (κ2) is 7.54. The molecule has 0 saturated carbocycles. The fraction of sp³-hybridized carbons (Fsp3) is 0.750. The molecule has 13 heavy (non-hydrogen) atoms. The lowest BCUT2D eigenvalue weighted by Gasteiger charge is -2.04. The first-order valence-corrected chi connectivity index (χ1v) is 4.20. The summed E-state index contributed by atoms with van der Waals surface area (Å²) < 4.78 is 9.43. The van der Waals surface area contributed by atoms with Crippen LogP contribution in [0.1, 0.15) is 13.8 Å². The molecule has 0 heterocycles. The molecule has 0 aromatic heterocycles. The smallest absolute Gasteiger partial charge is 0.325 e. The van der Waals surface area contributed by atoms with E-state index in [0.29, 0.717) is 13.2 Å². The average molecular weight is 189 g/mol. The van der Waals surface area contributed by atoms with Crippen LogP contribution in [0.25, 0.3) is 0 Å². The Morgan fingerprint density at radius 2 is 1.92 bits per heavy atom. The van der Waals surface area contributed by atoms with Crippen LogP contribution >= 0.6 is 0 Å². The van der Waals surface area contributed by atoms with Gasteiger partial charge in [0.25, 0.3) is 0 Å². The summed E-state index contributed by atoms with van der Waals surface area (Å²) in [5.41, 5.74) is 0. The summed E-state index contributed by atoms with van der Waals surface area (Å²) in [5, 5.41) is 2.36. The van der Waals surface area contributed by atoms with Crippen LogP contribution in [0, 0.1) is 0 Å². The first kappa shape index (κ1) is 11.9. The van der Waals surface area contributed by atoms with Gasteiger partial charge < -0.3 is 14.8 Å². The highest BCUT2D eigenvalue weighted by molar-refractivity contribution is 5.82. The minimum atomic E-state index is -0.438. The van der Waals surface area contributed by atoms with Gasteiger partial charge in [0.05, 0.1) is 6.61 Å². The summed E-state index contributed by atoms with van der Waals surface area (Å²) >= 11 is 0. The largest absolute Gasteiger partial charge is 0.465 e. The van der Waals surface area contributed by atoms with Crippen molar-refractivity contribution in [2.45, 2.75) is 13.8 Å². The van der Waals surface area contributed by atoms with Gasteiger partial charge in [-0.3, -0.25) is 9.59 Å². The summed E-state index contributed by atoms with van der Waals surface area (Å²) in [5.74, 6) is -0.748. The molecule has 0 spiro atoms. The zero-order valence-corrected chi connectivity index (χ0v) is 7.96. The minimum absolute atomic E-state index is 0.0180. The van der Waals surface area contributed by atoms with E-state index in [9.17, 15) is 9.59 Å². The van der Waals surface area contributed by atoms with E-state index < -0.39 is 5.97 Å². The molecular weight excluding hydrogens is 174 g/mol. The van der Waals surface area contributed by atoms with Crippen molar-refractivity contribution in [1.29, 1.82) is 0 Å². The quantitative estimate of drug-likeness (QED) is 0.583. The molecule has 0 unspecified atom stereocenters. The molecule has 5 heteroatoms. The number of carbonyl (C=O) groups excluding carboxylic acids is 2. The first-order chi connectivity index (χ1) is 6.20. The van der Waals surface area contributed by atoms with Crippen LogP contribution in [0.5, 0.6) is 0 Å². The van der Waals surface area contributed by atoms with Gasteiger partial charge in [0.15, 0.2) is 0 Å². The summed E-state index contributed by atoms with van der Waals surface area (Å²) in [6.45, 7) is 4.18. The molecule has 0 aromatic rings. The molecule has 0 saturated heterocycles. The molecule has 0 fully saturated rings. The van der Waals surface area contributed by atoms with E-state index in [2.05, 4.69) is 10.1 Å². The molecule has 1 N–H and O–H groups in total. The van der Waals surface area contributed by atoms with Crippen LogP contribution in [0.15, 0.2) is 0 Å². The van der Waals surface area contributed by atoms with Crippen molar-refractivity contribution in [3.05, 3.63) is 0 Å². The molecule has 0 rings (SSSR count). The number of rotatable bonds is 6. The van der Waals surface area contributed by atoms with E-state index >= 15 is 0 Å². The fourth-order valence-corrected chi connectivity index (χ4v) is 0.629. The Balaban J connectivity index is 3.40. The van der Waals surface area contributed by atoms with E-state index in [4.69, 9.17) is 4.74 Å². The highest BCUT2D eigenvalue weighted by atomic mass is 16.5. The van der Waals surface area contributed by atoms with Crippen molar-refractivity contribution in [3.8, 4) is 0 Å². The van der Waals surface area contributed by atoms with Gasteiger partial charge in [0.2, 0.25) is 5.91 Å². The van der Waals surface area contributed by atoms with Gasteiger partial charge in [0, 0.05) is 6.61 Å². The molecule has 0 bridgehead atoms. The summed E-state index contributed by atoms with van der Waals surface area (Å²) in [6.07, 6.45) is 0. The van der Waals surface area contributed by atoms with Crippen LogP contribution in [0.2, 0.25) is 0 Å². The van der Waals surface area contributed by atoms with Crippen molar-refractivity contribution in [3.63, 3.8) is 0 Å². The standard InChI is InChI=1S/C8H15NO4/c1-3-12-6-7(10)9-5-8(11)13-4-2/h3-6H2,1-2H3,(H,9,10). The Morgan fingerprint density at radius 3 is 2.46 bits per heavy atom. The lowest BCUT2D eigenvalue weighted by atomic mass is 10.5. The lowest BCUT2D eigenvalue weighted by molar-refractivity contribution is -0.143. The molecule has 0 aromatic carbocycles. The highest BCUT2D eigenvalue weighted by Crippen LogP contribution is 1.77. The molecular formula is C8H15NO4. The molecule has 76 valence electrons. The van der Waals surface area contributed by atoms with E-state index in [0.717, 1.165) is 0 Å². The zero-order chi connectivity index (χ0) is 10.1. The van der Waals surface area contributed by atoms with Crippen molar-refractivity contribution in [2.75, 3.05) is 26.4 Å². The van der Waals surface area contributed by atoms with Crippen LogP contribution < -0.4 is 5.32 Å². The molecule has 0 radical (unpaired) electrons. The second-order valence-electron chi connectivity index (χ2n) is 2.22.